The topological polar surface area (TPSA) is 97.1 Å². The summed E-state index contributed by atoms with van der Waals surface area (Å²) in [7, 11) is 0. The van der Waals surface area contributed by atoms with Gasteiger partial charge in [-0.15, -0.1) is 12.4 Å². The number of hydrogen-bond acceptors (Lipinski definition) is 4. The Morgan fingerprint density at radius 3 is 2.68 bits per heavy atom. The molecule has 4 N–H and O–H groups in total. The zero-order chi connectivity index (χ0) is 13.4. The highest BCUT2D eigenvalue weighted by Gasteiger charge is 2.09. The molecule has 1 aromatic heterocycles. The molecule has 7 heteroatoms. The van der Waals surface area contributed by atoms with Crippen LogP contribution >= 0.6 is 12.4 Å². The van der Waals surface area contributed by atoms with Gasteiger partial charge in [-0.1, -0.05) is 6.92 Å². The van der Waals surface area contributed by atoms with Gasteiger partial charge >= 0.3 is 0 Å². The van der Waals surface area contributed by atoms with E-state index in [1.807, 2.05) is 6.92 Å². The summed E-state index contributed by atoms with van der Waals surface area (Å²) in [5, 5.41) is 5.36. The van der Waals surface area contributed by atoms with Crippen molar-refractivity contribution in [2.24, 2.45) is 0 Å². The average molecular weight is 287 g/mol. The van der Waals surface area contributed by atoms with Crippen LogP contribution in [0, 0.1) is 0 Å². The third kappa shape index (κ3) is 6.05. The predicted octanol–water partition coefficient (Wildman–Crippen LogP) is 0.732. The maximum absolute atomic E-state index is 11.7. The molecule has 1 rings (SSSR count). The second-order valence-electron chi connectivity index (χ2n) is 3.82. The highest BCUT2D eigenvalue weighted by atomic mass is 35.5. The first-order valence-corrected chi connectivity index (χ1v) is 5.89. The first-order valence-electron chi connectivity index (χ1n) is 5.89. The van der Waals surface area contributed by atoms with E-state index in [0.717, 1.165) is 6.42 Å². The summed E-state index contributed by atoms with van der Waals surface area (Å²) >= 11 is 0. The minimum atomic E-state index is -0.316. The van der Waals surface area contributed by atoms with Crippen LogP contribution in [0.15, 0.2) is 18.5 Å². The number of pyridine rings is 1. The summed E-state index contributed by atoms with van der Waals surface area (Å²) < 4.78 is 0. The quantitative estimate of drug-likeness (QED) is 0.718. The number of halogens is 1. The van der Waals surface area contributed by atoms with Gasteiger partial charge in [-0.05, 0) is 12.5 Å². The van der Waals surface area contributed by atoms with Crippen LogP contribution in [0.25, 0.3) is 0 Å². The lowest BCUT2D eigenvalue weighted by Gasteiger charge is -2.07. The maximum Gasteiger partial charge on any atom is 0.254 e. The van der Waals surface area contributed by atoms with E-state index in [4.69, 9.17) is 5.73 Å². The van der Waals surface area contributed by atoms with Gasteiger partial charge in [0, 0.05) is 37.6 Å². The summed E-state index contributed by atoms with van der Waals surface area (Å²) in [6.45, 7) is 2.91. The van der Waals surface area contributed by atoms with Crippen LogP contribution in [0.5, 0.6) is 0 Å². The van der Waals surface area contributed by atoms with E-state index in [1.54, 1.807) is 6.07 Å². The van der Waals surface area contributed by atoms with Crippen LogP contribution in [-0.4, -0.2) is 29.9 Å². The Morgan fingerprint density at radius 2 is 2.05 bits per heavy atom. The third-order valence-corrected chi connectivity index (χ3v) is 2.31. The number of nitrogens with one attached hydrogen (secondary N) is 2. The number of anilines is 1. The van der Waals surface area contributed by atoms with Crippen molar-refractivity contribution in [2.75, 3.05) is 18.8 Å². The van der Waals surface area contributed by atoms with Crippen LogP contribution in [-0.2, 0) is 4.79 Å². The van der Waals surface area contributed by atoms with Crippen molar-refractivity contribution in [3.05, 3.63) is 24.0 Å². The van der Waals surface area contributed by atoms with Gasteiger partial charge in [-0.25, -0.2) is 0 Å². The van der Waals surface area contributed by atoms with Gasteiger partial charge in [0.05, 0.1) is 5.56 Å². The monoisotopic (exact) mass is 286 g/mol. The van der Waals surface area contributed by atoms with E-state index in [-0.39, 0.29) is 37.2 Å². The summed E-state index contributed by atoms with van der Waals surface area (Å²) in [4.78, 5) is 26.8. The number of carbonyl (C=O) groups is 2. The van der Waals surface area contributed by atoms with E-state index < -0.39 is 0 Å². The molecule has 0 unspecified atom stereocenters. The second-order valence-corrected chi connectivity index (χ2v) is 3.82. The standard InChI is InChI=1S/C12H18N4O2.ClH/c1-2-5-15-11(17)4-7-16-12(18)9-8-14-6-3-10(9)13;/h3,6,8H,2,4-5,7H2,1H3,(H2,13,14)(H,15,17)(H,16,18);1H. The molecule has 0 aliphatic heterocycles. The lowest BCUT2D eigenvalue weighted by molar-refractivity contribution is -0.120. The number of nitrogens with two attached hydrogens (primary N) is 1. The molecular formula is C12H19ClN4O2. The van der Waals surface area contributed by atoms with E-state index in [1.165, 1.54) is 12.4 Å². The largest absolute Gasteiger partial charge is 0.398 e. The maximum atomic E-state index is 11.7. The second kappa shape index (κ2) is 9.16. The van der Waals surface area contributed by atoms with Crippen molar-refractivity contribution in [2.45, 2.75) is 19.8 Å². The van der Waals surface area contributed by atoms with Gasteiger partial charge in [0.1, 0.15) is 0 Å². The number of carbonyl (C=O) groups excluding carboxylic acids is 2. The zero-order valence-corrected chi connectivity index (χ0v) is 11.6. The van der Waals surface area contributed by atoms with Crippen molar-refractivity contribution >= 4 is 29.9 Å². The molecule has 0 fully saturated rings. The Balaban J connectivity index is 0.00000324. The van der Waals surface area contributed by atoms with E-state index in [0.29, 0.717) is 17.8 Å². The fourth-order valence-corrected chi connectivity index (χ4v) is 1.33. The van der Waals surface area contributed by atoms with Crippen molar-refractivity contribution < 1.29 is 9.59 Å². The fourth-order valence-electron chi connectivity index (χ4n) is 1.33. The minimum absolute atomic E-state index is 0. The first kappa shape index (κ1) is 17.2. The molecule has 2 amide bonds. The third-order valence-electron chi connectivity index (χ3n) is 2.31. The molecule has 0 radical (unpaired) electrons. The highest BCUT2D eigenvalue weighted by molar-refractivity contribution is 5.98. The molecule has 0 saturated heterocycles. The Hall–Kier alpha value is -1.82. The molecule has 0 spiro atoms. The van der Waals surface area contributed by atoms with E-state index in [9.17, 15) is 9.59 Å². The number of rotatable bonds is 6. The van der Waals surface area contributed by atoms with Crippen LogP contribution in [0.4, 0.5) is 5.69 Å². The Morgan fingerprint density at radius 1 is 1.32 bits per heavy atom. The highest BCUT2D eigenvalue weighted by Crippen LogP contribution is 2.07. The van der Waals surface area contributed by atoms with Crippen LogP contribution < -0.4 is 16.4 Å². The molecule has 0 aromatic carbocycles. The molecule has 0 aliphatic carbocycles. The summed E-state index contributed by atoms with van der Waals surface area (Å²) in [6.07, 6.45) is 4.07. The number of hydrogen-bond donors (Lipinski definition) is 3. The van der Waals surface area contributed by atoms with E-state index >= 15 is 0 Å². The molecule has 6 nitrogen and oxygen atoms in total. The molecule has 1 heterocycles. The number of aromatic nitrogens is 1. The molecular weight excluding hydrogens is 268 g/mol. The van der Waals surface area contributed by atoms with Gasteiger partial charge in [-0.3, -0.25) is 14.6 Å². The van der Waals surface area contributed by atoms with Crippen molar-refractivity contribution in [3.63, 3.8) is 0 Å². The Labute approximate surface area is 118 Å². The van der Waals surface area contributed by atoms with Gasteiger partial charge in [0.25, 0.3) is 5.91 Å². The van der Waals surface area contributed by atoms with Gasteiger partial charge in [0.15, 0.2) is 0 Å². The molecule has 106 valence electrons. The average Bonchev–Trinajstić information content (AvgIpc) is 2.36. The SMILES string of the molecule is CCCNC(=O)CCNC(=O)c1cnccc1N.Cl. The lowest BCUT2D eigenvalue weighted by atomic mass is 10.2. The molecule has 19 heavy (non-hydrogen) atoms. The van der Waals surface area contributed by atoms with Gasteiger partial charge in [0.2, 0.25) is 5.91 Å². The Kier molecular flexibility index (Phi) is 8.28. The van der Waals surface area contributed by atoms with Gasteiger partial charge < -0.3 is 16.4 Å². The Bertz CT molecular complexity index is 426. The number of nitrogen functional groups attached to an aromatic ring is 1. The van der Waals surface area contributed by atoms with E-state index in [2.05, 4.69) is 15.6 Å². The molecule has 1 aromatic rings. The fraction of sp³-hybridized carbons (Fsp3) is 0.417. The minimum Gasteiger partial charge on any atom is -0.398 e. The first-order chi connectivity index (χ1) is 8.65. The molecule has 0 saturated carbocycles. The normalized spacial score (nSPS) is 9.32. The van der Waals surface area contributed by atoms with Gasteiger partial charge in [-0.2, -0.15) is 0 Å². The van der Waals surface area contributed by atoms with Crippen LogP contribution in [0.1, 0.15) is 30.1 Å². The summed E-state index contributed by atoms with van der Waals surface area (Å²) in [6, 6.07) is 1.56. The molecule has 0 atom stereocenters. The predicted molar refractivity (Wildman–Crippen MR) is 76.1 cm³/mol. The van der Waals surface area contributed by atoms with Crippen LogP contribution in [0.2, 0.25) is 0 Å². The van der Waals surface area contributed by atoms with Crippen molar-refractivity contribution in [3.8, 4) is 0 Å². The molecule has 0 bridgehead atoms. The number of amides is 2. The lowest BCUT2D eigenvalue weighted by Crippen LogP contribution is -2.31. The smallest absolute Gasteiger partial charge is 0.254 e. The van der Waals surface area contributed by atoms with Crippen LogP contribution in [0.3, 0.4) is 0 Å². The van der Waals surface area contributed by atoms with Crippen molar-refractivity contribution in [1.82, 2.24) is 15.6 Å². The number of nitrogens with zero attached hydrogens (tertiary/aromatic N) is 1. The summed E-state index contributed by atoms with van der Waals surface area (Å²) in [5.74, 6) is -0.389. The van der Waals surface area contributed by atoms with Crippen molar-refractivity contribution in [1.29, 1.82) is 0 Å². The summed E-state index contributed by atoms with van der Waals surface area (Å²) in [5.41, 5.74) is 6.34. The molecule has 0 aliphatic rings. The zero-order valence-electron chi connectivity index (χ0n) is 10.8.